The lowest BCUT2D eigenvalue weighted by Gasteiger charge is -2.14. The van der Waals surface area contributed by atoms with Crippen LogP contribution in [0.2, 0.25) is 0 Å². The van der Waals surface area contributed by atoms with Crippen LogP contribution in [0.3, 0.4) is 0 Å². The van der Waals surface area contributed by atoms with E-state index in [0.717, 1.165) is 15.2 Å². The number of aromatic nitrogens is 2. The van der Waals surface area contributed by atoms with Gasteiger partial charge < -0.3 is 10.2 Å². The monoisotopic (exact) mass is 322 g/mol. The van der Waals surface area contributed by atoms with Crippen LogP contribution in [-0.4, -0.2) is 40.3 Å². The minimum atomic E-state index is -0.167. The highest BCUT2D eigenvalue weighted by Gasteiger charge is 2.18. The first-order chi connectivity index (χ1) is 9.95. The number of carbonyl (C=O) groups excluding carboxylic acids is 1. The number of nitrogens with one attached hydrogen (secondary N) is 1. The van der Waals surface area contributed by atoms with E-state index in [1.165, 1.54) is 28.7 Å². The van der Waals surface area contributed by atoms with E-state index in [-0.39, 0.29) is 11.2 Å². The first-order valence-corrected chi connectivity index (χ1v) is 8.20. The number of thioether (sulfide) groups is 1. The van der Waals surface area contributed by atoms with Gasteiger partial charge in [-0.1, -0.05) is 35.2 Å². The molecule has 0 aliphatic rings. The van der Waals surface area contributed by atoms with E-state index in [4.69, 9.17) is 0 Å². The number of nitrogens with zero attached hydrogens (tertiary/aromatic N) is 3. The maximum absolute atomic E-state index is 11.8. The molecular formula is C14H18N4OS2. The molecule has 112 valence electrons. The number of rotatable bonds is 5. The van der Waals surface area contributed by atoms with E-state index in [1.807, 2.05) is 38.1 Å². The Bertz CT molecular complexity index is 627. The molecule has 0 saturated carbocycles. The van der Waals surface area contributed by atoms with Gasteiger partial charge in [0.2, 0.25) is 11.0 Å². The SMILES string of the molecule is Cc1cccc(Nc2nnc(S[C@@H](C)C(=O)N(C)C)s2)c1. The van der Waals surface area contributed by atoms with Gasteiger partial charge in [-0.2, -0.15) is 0 Å². The summed E-state index contributed by atoms with van der Waals surface area (Å²) >= 11 is 2.88. The molecule has 0 saturated heterocycles. The lowest BCUT2D eigenvalue weighted by molar-refractivity contribution is -0.127. The lowest BCUT2D eigenvalue weighted by atomic mass is 10.2. The molecule has 0 unspecified atom stereocenters. The predicted molar refractivity (Wildman–Crippen MR) is 88.4 cm³/mol. The second kappa shape index (κ2) is 6.91. The Morgan fingerprint density at radius 1 is 1.38 bits per heavy atom. The van der Waals surface area contributed by atoms with Crippen molar-refractivity contribution < 1.29 is 4.79 Å². The van der Waals surface area contributed by atoms with Crippen molar-refractivity contribution in [2.24, 2.45) is 0 Å². The fourth-order valence-corrected chi connectivity index (χ4v) is 3.78. The Balaban J connectivity index is 2.00. The average molecular weight is 322 g/mol. The molecule has 1 N–H and O–H groups in total. The third-order valence-corrected chi connectivity index (χ3v) is 4.75. The zero-order valence-corrected chi connectivity index (χ0v) is 14.1. The molecule has 1 aromatic heterocycles. The highest BCUT2D eigenvalue weighted by Crippen LogP contribution is 2.30. The molecule has 1 atom stereocenters. The summed E-state index contributed by atoms with van der Waals surface area (Å²) in [5.74, 6) is 0.0726. The summed E-state index contributed by atoms with van der Waals surface area (Å²) in [6, 6.07) is 8.07. The van der Waals surface area contributed by atoms with Crippen molar-refractivity contribution >= 4 is 39.8 Å². The fourth-order valence-electron chi connectivity index (χ4n) is 1.72. The molecule has 0 spiro atoms. The summed E-state index contributed by atoms with van der Waals surface area (Å²) in [7, 11) is 3.51. The number of hydrogen-bond acceptors (Lipinski definition) is 6. The number of benzene rings is 1. The van der Waals surface area contributed by atoms with Crippen molar-refractivity contribution in [3.63, 3.8) is 0 Å². The molecule has 21 heavy (non-hydrogen) atoms. The van der Waals surface area contributed by atoms with Crippen molar-refractivity contribution in [3.05, 3.63) is 29.8 Å². The second-order valence-electron chi connectivity index (χ2n) is 4.86. The van der Waals surface area contributed by atoms with Crippen molar-refractivity contribution in [1.82, 2.24) is 15.1 Å². The van der Waals surface area contributed by atoms with E-state index in [0.29, 0.717) is 0 Å². The van der Waals surface area contributed by atoms with Gasteiger partial charge in [0.25, 0.3) is 0 Å². The van der Waals surface area contributed by atoms with E-state index < -0.39 is 0 Å². The van der Waals surface area contributed by atoms with Crippen LogP contribution in [-0.2, 0) is 4.79 Å². The van der Waals surface area contributed by atoms with Gasteiger partial charge >= 0.3 is 0 Å². The van der Waals surface area contributed by atoms with Gasteiger partial charge in [0.1, 0.15) is 0 Å². The quantitative estimate of drug-likeness (QED) is 0.857. The zero-order chi connectivity index (χ0) is 15.4. The van der Waals surface area contributed by atoms with Crippen molar-refractivity contribution in [2.75, 3.05) is 19.4 Å². The van der Waals surface area contributed by atoms with Gasteiger partial charge in [0.15, 0.2) is 4.34 Å². The standard InChI is InChI=1S/C14H18N4OS2/c1-9-6-5-7-11(8-9)15-13-16-17-14(21-13)20-10(2)12(19)18(3)4/h5-8,10H,1-4H3,(H,15,16)/t10-/m0/s1. The van der Waals surface area contributed by atoms with Crippen molar-refractivity contribution in [2.45, 2.75) is 23.4 Å². The van der Waals surface area contributed by atoms with E-state index in [2.05, 4.69) is 15.5 Å². The summed E-state index contributed by atoms with van der Waals surface area (Å²) in [5, 5.41) is 12.0. The highest BCUT2D eigenvalue weighted by atomic mass is 32.2. The van der Waals surface area contributed by atoms with Crippen LogP contribution in [0.5, 0.6) is 0 Å². The number of amides is 1. The Morgan fingerprint density at radius 3 is 2.81 bits per heavy atom. The number of aryl methyl sites for hydroxylation is 1. The van der Waals surface area contributed by atoms with Crippen molar-refractivity contribution in [3.8, 4) is 0 Å². The molecule has 2 rings (SSSR count). The molecule has 0 bridgehead atoms. The molecule has 1 heterocycles. The summed E-state index contributed by atoms with van der Waals surface area (Å²) in [5.41, 5.74) is 2.17. The number of hydrogen-bond donors (Lipinski definition) is 1. The van der Waals surface area contributed by atoms with Crippen molar-refractivity contribution in [1.29, 1.82) is 0 Å². The smallest absolute Gasteiger partial charge is 0.235 e. The first-order valence-electron chi connectivity index (χ1n) is 6.50. The van der Waals surface area contributed by atoms with Crippen LogP contribution < -0.4 is 5.32 Å². The average Bonchev–Trinajstić information content (AvgIpc) is 2.84. The molecule has 2 aromatic rings. The third-order valence-electron chi connectivity index (χ3n) is 2.74. The van der Waals surface area contributed by atoms with Crippen LogP contribution in [0.15, 0.2) is 28.6 Å². The lowest BCUT2D eigenvalue weighted by Crippen LogP contribution is -2.29. The molecule has 1 aromatic carbocycles. The molecule has 7 heteroatoms. The van der Waals surface area contributed by atoms with Crippen LogP contribution >= 0.6 is 23.1 Å². The Hall–Kier alpha value is -1.60. The van der Waals surface area contributed by atoms with Crippen LogP contribution in [0.1, 0.15) is 12.5 Å². The maximum atomic E-state index is 11.8. The predicted octanol–water partition coefficient (Wildman–Crippen LogP) is 3.16. The third kappa shape index (κ3) is 4.44. The van der Waals surface area contributed by atoms with Gasteiger partial charge in [-0.05, 0) is 31.5 Å². The molecule has 0 fully saturated rings. The molecule has 1 amide bonds. The van der Waals surface area contributed by atoms with E-state index in [9.17, 15) is 4.79 Å². The first kappa shape index (κ1) is 15.8. The zero-order valence-electron chi connectivity index (χ0n) is 12.5. The van der Waals surface area contributed by atoms with Gasteiger partial charge in [-0.25, -0.2) is 0 Å². The minimum Gasteiger partial charge on any atom is -0.348 e. The molecular weight excluding hydrogens is 304 g/mol. The van der Waals surface area contributed by atoms with Crippen LogP contribution in [0, 0.1) is 6.92 Å². The Labute approximate surface area is 132 Å². The van der Waals surface area contributed by atoms with E-state index in [1.54, 1.807) is 19.0 Å². The Kier molecular flexibility index (Phi) is 5.19. The highest BCUT2D eigenvalue weighted by molar-refractivity contribution is 8.02. The number of carbonyl (C=O) groups is 1. The second-order valence-corrected chi connectivity index (χ2v) is 7.43. The fraction of sp³-hybridized carbons (Fsp3) is 0.357. The molecule has 0 aliphatic heterocycles. The van der Waals surface area contributed by atoms with Crippen LogP contribution in [0.25, 0.3) is 0 Å². The van der Waals surface area contributed by atoms with Gasteiger partial charge in [-0.3, -0.25) is 4.79 Å². The summed E-state index contributed by atoms with van der Waals surface area (Å²) in [6.45, 7) is 3.92. The normalized spacial score (nSPS) is 12.0. The van der Waals surface area contributed by atoms with E-state index >= 15 is 0 Å². The topological polar surface area (TPSA) is 58.1 Å². The maximum Gasteiger partial charge on any atom is 0.235 e. The molecule has 0 aliphatic carbocycles. The van der Waals surface area contributed by atoms with Gasteiger partial charge in [0, 0.05) is 19.8 Å². The van der Waals surface area contributed by atoms with Gasteiger partial charge in [0.05, 0.1) is 5.25 Å². The summed E-state index contributed by atoms with van der Waals surface area (Å²) < 4.78 is 0.785. The summed E-state index contributed by atoms with van der Waals surface area (Å²) in [6.07, 6.45) is 0. The number of anilines is 2. The minimum absolute atomic E-state index is 0.0726. The Morgan fingerprint density at radius 2 is 2.14 bits per heavy atom. The largest absolute Gasteiger partial charge is 0.348 e. The molecule has 0 radical (unpaired) electrons. The molecule has 5 nitrogen and oxygen atoms in total. The van der Waals surface area contributed by atoms with Gasteiger partial charge in [-0.15, -0.1) is 10.2 Å². The van der Waals surface area contributed by atoms with Crippen LogP contribution in [0.4, 0.5) is 10.8 Å². The summed E-state index contributed by atoms with van der Waals surface area (Å²) in [4.78, 5) is 13.4.